The number of methoxy groups -OCH3 is 2. The van der Waals surface area contributed by atoms with Gasteiger partial charge in [0.05, 0.1) is 25.5 Å². The van der Waals surface area contributed by atoms with Crippen LogP contribution in [-0.2, 0) is 4.74 Å². The molecule has 1 aromatic heterocycles. The van der Waals surface area contributed by atoms with Crippen molar-refractivity contribution in [2.75, 3.05) is 19.5 Å². The van der Waals surface area contributed by atoms with Gasteiger partial charge in [-0.15, -0.1) is 0 Å². The molecule has 0 atom stereocenters. The van der Waals surface area contributed by atoms with Gasteiger partial charge in [0.1, 0.15) is 17.3 Å². The fraction of sp³-hybridized carbons (Fsp3) is 0.133. The molecular formula is C15H13FN2O4. The maximum Gasteiger partial charge on any atom is 0.356 e. The highest BCUT2D eigenvalue weighted by Crippen LogP contribution is 2.25. The molecule has 0 saturated heterocycles. The third kappa shape index (κ3) is 3.38. The van der Waals surface area contributed by atoms with Crippen molar-refractivity contribution in [1.82, 2.24) is 4.98 Å². The lowest BCUT2D eigenvalue weighted by Crippen LogP contribution is -2.14. The Morgan fingerprint density at radius 2 is 1.95 bits per heavy atom. The predicted octanol–water partition coefficient (Wildman–Crippen LogP) is 2.27. The fourth-order valence-electron chi connectivity index (χ4n) is 1.72. The number of pyridine rings is 1. The van der Waals surface area contributed by atoms with Crippen LogP contribution >= 0.6 is 0 Å². The minimum atomic E-state index is -0.591. The first kappa shape index (κ1) is 15.4. The van der Waals surface area contributed by atoms with Crippen LogP contribution in [0.4, 0.5) is 10.1 Å². The van der Waals surface area contributed by atoms with E-state index in [1.807, 2.05) is 0 Å². The maximum absolute atomic E-state index is 13.1. The standard InChI is InChI=1S/C15H13FN2O4/c1-21-13-7-10(16)4-6-11(13)18-14(19)9-3-5-12(17-8-9)15(20)22-2/h3-8H,1-2H3,(H,18,19). The van der Waals surface area contributed by atoms with Crippen molar-refractivity contribution in [2.45, 2.75) is 0 Å². The topological polar surface area (TPSA) is 77.5 Å². The summed E-state index contributed by atoms with van der Waals surface area (Å²) in [5.41, 5.74) is 0.656. The lowest BCUT2D eigenvalue weighted by molar-refractivity contribution is 0.0593. The number of hydrogen-bond acceptors (Lipinski definition) is 5. The summed E-state index contributed by atoms with van der Waals surface area (Å²) in [6, 6.07) is 6.57. The smallest absolute Gasteiger partial charge is 0.356 e. The molecule has 0 aliphatic rings. The molecule has 0 unspecified atom stereocenters. The second-order valence-electron chi connectivity index (χ2n) is 4.22. The second-order valence-corrected chi connectivity index (χ2v) is 4.22. The number of carbonyl (C=O) groups is 2. The number of nitrogens with zero attached hydrogens (tertiary/aromatic N) is 1. The van der Waals surface area contributed by atoms with Gasteiger partial charge in [-0.25, -0.2) is 14.2 Å². The summed E-state index contributed by atoms with van der Waals surface area (Å²) in [5.74, 6) is -1.33. The first-order chi connectivity index (χ1) is 10.5. The van der Waals surface area contributed by atoms with Gasteiger partial charge >= 0.3 is 5.97 Å². The van der Waals surface area contributed by atoms with Crippen molar-refractivity contribution in [2.24, 2.45) is 0 Å². The Morgan fingerprint density at radius 3 is 2.55 bits per heavy atom. The van der Waals surface area contributed by atoms with Crippen molar-refractivity contribution in [1.29, 1.82) is 0 Å². The SMILES string of the molecule is COC(=O)c1ccc(C(=O)Nc2ccc(F)cc2OC)cn1. The third-order valence-corrected chi connectivity index (χ3v) is 2.83. The zero-order valence-electron chi connectivity index (χ0n) is 11.9. The highest BCUT2D eigenvalue weighted by molar-refractivity contribution is 6.05. The van der Waals surface area contributed by atoms with Crippen LogP contribution < -0.4 is 10.1 Å². The average Bonchev–Trinajstić information content (AvgIpc) is 2.55. The molecule has 0 radical (unpaired) electrons. The zero-order valence-corrected chi connectivity index (χ0v) is 11.9. The minimum absolute atomic E-state index is 0.0958. The molecule has 1 N–H and O–H groups in total. The maximum atomic E-state index is 13.1. The lowest BCUT2D eigenvalue weighted by atomic mass is 10.2. The van der Waals surface area contributed by atoms with Crippen LogP contribution in [0.1, 0.15) is 20.8 Å². The number of amides is 1. The molecule has 1 aromatic carbocycles. The number of benzene rings is 1. The normalized spacial score (nSPS) is 9.95. The van der Waals surface area contributed by atoms with Gasteiger partial charge in [-0.3, -0.25) is 4.79 Å². The van der Waals surface area contributed by atoms with Crippen LogP contribution in [0.25, 0.3) is 0 Å². The Bertz CT molecular complexity index is 701. The molecule has 0 saturated carbocycles. The largest absolute Gasteiger partial charge is 0.494 e. The van der Waals surface area contributed by atoms with Crippen molar-refractivity contribution < 1.29 is 23.5 Å². The lowest BCUT2D eigenvalue weighted by Gasteiger charge is -2.10. The first-order valence-corrected chi connectivity index (χ1v) is 6.24. The Morgan fingerprint density at radius 1 is 1.18 bits per heavy atom. The molecule has 114 valence electrons. The van der Waals surface area contributed by atoms with Gasteiger partial charge in [-0.05, 0) is 24.3 Å². The molecule has 1 amide bonds. The zero-order chi connectivity index (χ0) is 16.1. The van der Waals surface area contributed by atoms with E-state index < -0.39 is 17.7 Å². The summed E-state index contributed by atoms with van der Waals surface area (Å²) in [7, 11) is 2.61. The van der Waals surface area contributed by atoms with E-state index >= 15 is 0 Å². The number of anilines is 1. The van der Waals surface area contributed by atoms with Crippen molar-refractivity contribution in [3.63, 3.8) is 0 Å². The molecule has 0 aliphatic heterocycles. The molecule has 22 heavy (non-hydrogen) atoms. The van der Waals surface area contributed by atoms with E-state index in [9.17, 15) is 14.0 Å². The van der Waals surface area contributed by atoms with Gasteiger partial charge < -0.3 is 14.8 Å². The molecule has 6 nitrogen and oxygen atoms in total. The van der Waals surface area contributed by atoms with Gasteiger partial charge in [0, 0.05) is 12.3 Å². The van der Waals surface area contributed by atoms with E-state index in [0.717, 1.165) is 6.07 Å². The number of carbonyl (C=O) groups excluding carboxylic acids is 2. The number of hydrogen-bond donors (Lipinski definition) is 1. The Hall–Kier alpha value is -2.96. The van der Waals surface area contributed by atoms with E-state index in [1.165, 1.54) is 44.7 Å². The fourth-order valence-corrected chi connectivity index (χ4v) is 1.72. The molecule has 0 bridgehead atoms. The van der Waals surface area contributed by atoms with Gasteiger partial charge in [0.25, 0.3) is 5.91 Å². The number of halogens is 1. The van der Waals surface area contributed by atoms with E-state index in [1.54, 1.807) is 0 Å². The third-order valence-electron chi connectivity index (χ3n) is 2.83. The van der Waals surface area contributed by atoms with Crippen LogP contribution in [0.3, 0.4) is 0 Å². The quantitative estimate of drug-likeness (QED) is 0.877. The van der Waals surface area contributed by atoms with Gasteiger partial charge in [0.15, 0.2) is 0 Å². The van der Waals surface area contributed by atoms with Crippen molar-refractivity contribution in [3.05, 3.63) is 53.6 Å². The van der Waals surface area contributed by atoms with Crippen LogP contribution in [0, 0.1) is 5.82 Å². The van der Waals surface area contributed by atoms with Gasteiger partial charge in [-0.1, -0.05) is 0 Å². The highest BCUT2D eigenvalue weighted by Gasteiger charge is 2.13. The number of esters is 1. The first-order valence-electron chi connectivity index (χ1n) is 6.24. The van der Waals surface area contributed by atoms with Crippen molar-refractivity contribution in [3.8, 4) is 5.75 Å². The molecule has 0 aliphatic carbocycles. The molecule has 7 heteroatoms. The molecule has 0 fully saturated rings. The summed E-state index contributed by atoms with van der Waals surface area (Å²) in [6.45, 7) is 0. The highest BCUT2D eigenvalue weighted by atomic mass is 19.1. The van der Waals surface area contributed by atoms with Crippen LogP contribution in [-0.4, -0.2) is 31.1 Å². The molecule has 2 aromatic rings. The van der Waals surface area contributed by atoms with Crippen LogP contribution in [0.2, 0.25) is 0 Å². The van der Waals surface area contributed by atoms with Crippen LogP contribution in [0.15, 0.2) is 36.5 Å². The molecule has 1 heterocycles. The minimum Gasteiger partial charge on any atom is -0.494 e. The number of rotatable bonds is 4. The van der Waals surface area contributed by atoms with Gasteiger partial charge in [-0.2, -0.15) is 0 Å². The number of nitrogens with one attached hydrogen (secondary N) is 1. The predicted molar refractivity (Wildman–Crippen MR) is 76.5 cm³/mol. The van der Waals surface area contributed by atoms with Crippen molar-refractivity contribution >= 4 is 17.6 Å². The Balaban J connectivity index is 2.17. The van der Waals surface area contributed by atoms with E-state index in [-0.39, 0.29) is 17.0 Å². The summed E-state index contributed by atoms with van der Waals surface area (Å²) in [6.07, 6.45) is 1.25. The summed E-state index contributed by atoms with van der Waals surface area (Å²) in [5, 5.41) is 2.58. The monoisotopic (exact) mass is 304 g/mol. The van der Waals surface area contributed by atoms with E-state index in [0.29, 0.717) is 5.69 Å². The summed E-state index contributed by atoms with van der Waals surface area (Å²) < 4.78 is 22.6. The molecule has 0 spiro atoms. The number of ether oxygens (including phenoxy) is 2. The Labute approximate surface area is 125 Å². The Kier molecular flexibility index (Phi) is 4.67. The van der Waals surface area contributed by atoms with E-state index in [4.69, 9.17) is 4.74 Å². The van der Waals surface area contributed by atoms with E-state index in [2.05, 4.69) is 15.0 Å². The average molecular weight is 304 g/mol. The second kappa shape index (κ2) is 6.66. The summed E-state index contributed by atoms with van der Waals surface area (Å²) in [4.78, 5) is 27.2. The van der Waals surface area contributed by atoms with Gasteiger partial charge in [0.2, 0.25) is 0 Å². The molecule has 2 rings (SSSR count). The molecular weight excluding hydrogens is 291 g/mol. The number of aromatic nitrogens is 1. The summed E-state index contributed by atoms with van der Waals surface area (Å²) >= 11 is 0. The van der Waals surface area contributed by atoms with Crippen LogP contribution in [0.5, 0.6) is 5.75 Å².